The Labute approximate surface area is 68.6 Å². The van der Waals surface area contributed by atoms with Gasteiger partial charge in [0.25, 0.3) is 0 Å². The van der Waals surface area contributed by atoms with Crippen molar-refractivity contribution in [3.63, 3.8) is 0 Å². The monoisotopic (exact) mass is 158 g/mol. The molecule has 0 radical (unpaired) electrons. The summed E-state index contributed by atoms with van der Waals surface area (Å²) in [6.07, 6.45) is 3.48. The molecule has 2 nitrogen and oxygen atoms in total. The van der Waals surface area contributed by atoms with Gasteiger partial charge in [-0.1, -0.05) is 13.3 Å². The summed E-state index contributed by atoms with van der Waals surface area (Å²) in [6.45, 7) is 4.23. The predicted octanol–water partition coefficient (Wildman–Crippen LogP) is 1.43. The number of hydrogen-bond acceptors (Lipinski definition) is 2. The summed E-state index contributed by atoms with van der Waals surface area (Å²) in [5, 5.41) is 9.02. The fourth-order valence-electron chi connectivity index (χ4n) is 1.75. The molecular weight excluding hydrogens is 140 g/mol. The Morgan fingerprint density at radius 1 is 1.64 bits per heavy atom. The average molecular weight is 158 g/mol. The number of aliphatic hydroxyl groups is 1. The summed E-state index contributed by atoms with van der Waals surface area (Å²) in [7, 11) is 0. The van der Waals surface area contributed by atoms with Gasteiger partial charge < -0.3 is 9.84 Å². The lowest BCUT2D eigenvalue weighted by atomic mass is 9.87. The maximum absolute atomic E-state index is 9.02. The van der Waals surface area contributed by atoms with Crippen LogP contribution in [0.25, 0.3) is 0 Å². The van der Waals surface area contributed by atoms with Crippen molar-refractivity contribution in [2.24, 2.45) is 11.8 Å². The van der Waals surface area contributed by atoms with Crippen molar-refractivity contribution in [3.8, 4) is 0 Å². The van der Waals surface area contributed by atoms with Crippen molar-refractivity contribution in [1.29, 1.82) is 0 Å². The molecule has 1 fully saturated rings. The van der Waals surface area contributed by atoms with Crippen molar-refractivity contribution in [2.45, 2.75) is 26.2 Å². The normalized spacial score (nSPS) is 28.4. The van der Waals surface area contributed by atoms with Crippen molar-refractivity contribution in [2.75, 3.05) is 19.8 Å². The zero-order valence-electron chi connectivity index (χ0n) is 7.25. The van der Waals surface area contributed by atoms with Crippen molar-refractivity contribution < 1.29 is 9.84 Å². The Bertz CT molecular complexity index is 93.7. The molecule has 1 saturated heterocycles. The van der Waals surface area contributed by atoms with Gasteiger partial charge in [0.15, 0.2) is 0 Å². The third-order valence-corrected chi connectivity index (χ3v) is 2.62. The van der Waals surface area contributed by atoms with Crippen LogP contribution in [0.1, 0.15) is 26.2 Å². The first-order valence-corrected chi connectivity index (χ1v) is 4.57. The zero-order valence-corrected chi connectivity index (χ0v) is 7.25. The van der Waals surface area contributed by atoms with Gasteiger partial charge in [0.05, 0.1) is 0 Å². The van der Waals surface area contributed by atoms with E-state index in [2.05, 4.69) is 6.92 Å². The van der Waals surface area contributed by atoms with E-state index in [0.717, 1.165) is 19.6 Å². The molecule has 2 heteroatoms. The summed E-state index contributed by atoms with van der Waals surface area (Å²) in [5.41, 5.74) is 0. The highest BCUT2D eigenvalue weighted by atomic mass is 16.5. The van der Waals surface area contributed by atoms with Crippen LogP contribution in [0, 0.1) is 11.8 Å². The van der Waals surface area contributed by atoms with Gasteiger partial charge in [-0.05, 0) is 24.7 Å². The molecule has 0 aliphatic carbocycles. The molecule has 0 saturated carbocycles. The van der Waals surface area contributed by atoms with Crippen LogP contribution in [0.5, 0.6) is 0 Å². The maximum atomic E-state index is 9.02. The Kier molecular flexibility index (Phi) is 3.87. The lowest BCUT2D eigenvalue weighted by Gasteiger charge is -2.28. The average Bonchev–Trinajstić information content (AvgIpc) is 2.09. The van der Waals surface area contributed by atoms with E-state index < -0.39 is 0 Å². The summed E-state index contributed by atoms with van der Waals surface area (Å²) in [6, 6.07) is 0. The number of ether oxygens (including phenoxy) is 1. The molecule has 0 bridgehead atoms. The van der Waals surface area contributed by atoms with Crippen molar-refractivity contribution in [3.05, 3.63) is 0 Å². The summed E-state index contributed by atoms with van der Waals surface area (Å²) in [5.74, 6) is 1.08. The second-order valence-electron chi connectivity index (χ2n) is 3.33. The predicted molar refractivity (Wildman–Crippen MR) is 44.4 cm³/mol. The summed E-state index contributed by atoms with van der Waals surface area (Å²) < 4.78 is 5.36. The zero-order chi connectivity index (χ0) is 8.10. The SMILES string of the molecule is CCC(CO)C1CCCOC1. The summed E-state index contributed by atoms with van der Waals surface area (Å²) >= 11 is 0. The highest BCUT2D eigenvalue weighted by Gasteiger charge is 2.21. The standard InChI is InChI=1S/C9H18O2/c1-2-8(6-10)9-4-3-5-11-7-9/h8-10H,2-7H2,1H3. The molecule has 0 aromatic heterocycles. The molecule has 66 valence electrons. The van der Waals surface area contributed by atoms with Gasteiger partial charge in [-0.2, -0.15) is 0 Å². The van der Waals surface area contributed by atoms with E-state index in [0.29, 0.717) is 18.4 Å². The van der Waals surface area contributed by atoms with Gasteiger partial charge in [0.2, 0.25) is 0 Å². The molecule has 1 N–H and O–H groups in total. The topological polar surface area (TPSA) is 29.5 Å². The molecule has 1 heterocycles. The molecule has 2 unspecified atom stereocenters. The summed E-state index contributed by atoms with van der Waals surface area (Å²) in [4.78, 5) is 0. The van der Waals surface area contributed by atoms with E-state index >= 15 is 0 Å². The Balaban J connectivity index is 2.30. The van der Waals surface area contributed by atoms with Gasteiger partial charge in [-0.15, -0.1) is 0 Å². The minimum Gasteiger partial charge on any atom is -0.396 e. The van der Waals surface area contributed by atoms with Crippen molar-refractivity contribution in [1.82, 2.24) is 0 Å². The van der Waals surface area contributed by atoms with E-state index in [1.807, 2.05) is 0 Å². The Hall–Kier alpha value is -0.0800. The van der Waals surface area contributed by atoms with E-state index in [-0.39, 0.29) is 0 Å². The van der Waals surface area contributed by atoms with Crippen LogP contribution in [0.3, 0.4) is 0 Å². The van der Waals surface area contributed by atoms with Gasteiger partial charge >= 0.3 is 0 Å². The van der Waals surface area contributed by atoms with Crippen LogP contribution >= 0.6 is 0 Å². The van der Waals surface area contributed by atoms with E-state index in [9.17, 15) is 0 Å². The second kappa shape index (κ2) is 4.73. The maximum Gasteiger partial charge on any atom is 0.0497 e. The first kappa shape index (κ1) is 9.01. The Morgan fingerprint density at radius 3 is 2.91 bits per heavy atom. The van der Waals surface area contributed by atoms with E-state index in [1.165, 1.54) is 12.8 Å². The molecule has 1 rings (SSSR count). The minimum absolute atomic E-state index is 0.324. The number of aliphatic hydroxyl groups excluding tert-OH is 1. The Morgan fingerprint density at radius 2 is 2.45 bits per heavy atom. The van der Waals surface area contributed by atoms with Crippen LogP contribution in [0.15, 0.2) is 0 Å². The van der Waals surface area contributed by atoms with E-state index in [1.54, 1.807) is 0 Å². The fourth-order valence-corrected chi connectivity index (χ4v) is 1.75. The molecule has 2 atom stereocenters. The van der Waals surface area contributed by atoms with Crippen molar-refractivity contribution >= 4 is 0 Å². The first-order chi connectivity index (χ1) is 5.38. The van der Waals surface area contributed by atoms with Crippen LogP contribution in [-0.2, 0) is 4.74 Å². The lowest BCUT2D eigenvalue weighted by molar-refractivity contribution is 0.0155. The molecule has 0 aromatic rings. The van der Waals surface area contributed by atoms with Crippen LogP contribution in [0.4, 0.5) is 0 Å². The number of hydrogen-bond donors (Lipinski definition) is 1. The third-order valence-electron chi connectivity index (χ3n) is 2.62. The third kappa shape index (κ3) is 2.46. The fraction of sp³-hybridized carbons (Fsp3) is 1.00. The molecule has 0 amide bonds. The van der Waals surface area contributed by atoms with Gasteiger partial charge in [-0.25, -0.2) is 0 Å². The van der Waals surface area contributed by atoms with Gasteiger partial charge in [-0.3, -0.25) is 0 Å². The second-order valence-corrected chi connectivity index (χ2v) is 3.33. The molecule has 1 aliphatic rings. The van der Waals surface area contributed by atoms with Crippen LogP contribution < -0.4 is 0 Å². The highest BCUT2D eigenvalue weighted by molar-refractivity contribution is 4.70. The lowest BCUT2D eigenvalue weighted by Crippen LogP contribution is -2.26. The minimum atomic E-state index is 0.324. The molecule has 0 aromatic carbocycles. The smallest absolute Gasteiger partial charge is 0.0497 e. The van der Waals surface area contributed by atoms with E-state index in [4.69, 9.17) is 9.84 Å². The molecule has 1 aliphatic heterocycles. The van der Waals surface area contributed by atoms with Gasteiger partial charge in [0.1, 0.15) is 0 Å². The first-order valence-electron chi connectivity index (χ1n) is 4.57. The highest BCUT2D eigenvalue weighted by Crippen LogP contribution is 2.24. The molecule has 11 heavy (non-hydrogen) atoms. The molecular formula is C9H18O2. The largest absolute Gasteiger partial charge is 0.396 e. The number of rotatable bonds is 3. The van der Waals surface area contributed by atoms with Gasteiger partial charge in [0, 0.05) is 19.8 Å². The van der Waals surface area contributed by atoms with Crippen LogP contribution in [0.2, 0.25) is 0 Å². The molecule has 0 spiro atoms. The van der Waals surface area contributed by atoms with Crippen LogP contribution in [-0.4, -0.2) is 24.9 Å². The quantitative estimate of drug-likeness (QED) is 0.673.